The zero-order valence-corrected chi connectivity index (χ0v) is 29.4. The number of hydrogen-bond acceptors (Lipinski definition) is 11. The molecule has 0 radical (unpaired) electrons. The van der Waals surface area contributed by atoms with Crippen molar-refractivity contribution in [2.75, 3.05) is 26.2 Å². The topological polar surface area (TPSA) is 256 Å². The largest absolute Gasteiger partial charge is 0.547 e. The number of carbonyl (C=O) groups excluding carboxylic acids is 4. The number of phenols is 3. The number of nitrogens with one attached hydrogen (secondary N) is 2. The molecule has 2 saturated heterocycles. The first-order valence-corrected chi connectivity index (χ1v) is 17.3. The number of halogens is 3. The number of nitrogens with zero attached hydrogens (tertiary/aromatic N) is 3. The van der Waals surface area contributed by atoms with E-state index in [1.54, 1.807) is 11.0 Å². The van der Waals surface area contributed by atoms with E-state index in [0.29, 0.717) is 24.5 Å². The summed E-state index contributed by atoms with van der Waals surface area (Å²) in [6.45, 7) is 0.599. The summed E-state index contributed by atoms with van der Waals surface area (Å²) in [7, 11) is -1.94. The van der Waals surface area contributed by atoms with Crippen molar-refractivity contribution >= 4 is 48.6 Å². The Bertz CT molecular complexity index is 2090. The SMILES string of the molecule is NCc1cc(O)cc(C(=O)N2CCC(N3CCN(C(=O)N[C@@H](C(=O)N[C@H]4Cc5ccc(F)c(C(=O)O)c5OB4O)c4cc(F)c(O)c(O)c4Cl)C3=O)CC2)c1. The molecule has 2 atom stereocenters. The summed E-state index contributed by atoms with van der Waals surface area (Å²) < 4.78 is 34.2. The third-order valence-electron chi connectivity index (χ3n) is 9.73. The van der Waals surface area contributed by atoms with E-state index >= 15 is 0 Å². The molecule has 3 aliphatic rings. The van der Waals surface area contributed by atoms with E-state index in [9.17, 15) is 58.2 Å². The minimum atomic E-state index is -1.97. The van der Waals surface area contributed by atoms with E-state index in [4.69, 9.17) is 22.0 Å². The average Bonchev–Trinajstić information content (AvgIpc) is 3.55. The van der Waals surface area contributed by atoms with Gasteiger partial charge >= 0.3 is 25.1 Å². The van der Waals surface area contributed by atoms with Gasteiger partial charge in [-0.3, -0.25) is 9.59 Å². The van der Waals surface area contributed by atoms with Crippen molar-refractivity contribution < 1.29 is 62.9 Å². The maximum atomic E-state index is 14.7. The number of fused-ring (bicyclic) bond motifs is 1. The van der Waals surface area contributed by atoms with Gasteiger partial charge in [-0.25, -0.2) is 28.1 Å². The summed E-state index contributed by atoms with van der Waals surface area (Å²) in [5.41, 5.74) is 5.21. The van der Waals surface area contributed by atoms with Crippen LogP contribution in [0.15, 0.2) is 36.4 Å². The van der Waals surface area contributed by atoms with Gasteiger partial charge in [0.2, 0.25) is 5.91 Å². The van der Waals surface area contributed by atoms with Gasteiger partial charge in [0.25, 0.3) is 5.91 Å². The maximum absolute atomic E-state index is 14.7. The minimum absolute atomic E-state index is 0.0907. The third-order valence-corrected chi connectivity index (χ3v) is 10.1. The molecule has 6 rings (SSSR count). The van der Waals surface area contributed by atoms with Crippen LogP contribution in [0.4, 0.5) is 18.4 Å². The molecule has 21 heteroatoms. The first-order chi connectivity index (χ1) is 26.1. The van der Waals surface area contributed by atoms with E-state index in [-0.39, 0.29) is 68.0 Å². The van der Waals surface area contributed by atoms with Gasteiger partial charge in [-0.2, -0.15) is 0 Å². The number of aromatic hydroxyl groups is 3. The number of aromatic carboxylic acids is 1. The first-order valence-electron chi connectivity index (χ1n) is 16.9. The van der Waals surface area contributed by atoms with Crippen LogP contribution in [0.5, 0.6) is 23.0 Å². The lowest BCUT2D eigenvalue weighted by molar-refractivity contribution is -0.123. The van der Waals surface area contributed by atoms with Crippen LogP contribution in [0.3, 0.4) is 0 Å². The summed E-state index contributed by atoms with van der Waals surface area (Å²) in [5.74, 6) is -10.0. The van der Waals surface area contributed by atoms with Gasteiger partial charge in [-0.05, 0) is 60.7 Å². The predicted molar refractivity (Wildman–Crippen MR) is 187 cm³/mol. The normalized spacial score (nSPS) is 17.8. The van der Waals surface area contributed by atoms with Crippen LogP contribution in [-0.4, -0.2) is 115 Å². The van der Waals surface area contributed by atoms with Gasteiger partial charge in [0, 0.05) is 49.9 Å². The van der Waals surface area contributed by atoms with Crippen molar-refractivity contribution in [3.8, 4) is 23.0 Å². The zero-order chi connectivity index (χ0) is 39.9. The number of carbonyl (C=O) groups is 5. The number of imide groups is 1. The number of nitrogens with two attached hydrogens (primary N) is 1. The Morgan fingerprint density at radius 1 is 1.00 bits per heavy atom. The molecule has 9 N–H and O–H groups in total. The van der Waals surface area contributed by atoms with E-state index in [2.05, 4.69) is 10.6 Å². The van der Waals surface area contributed by atoms with Gasteiger partial charge in [-0.1, -0.05) is 17.7 Å². The van der Waals surface area contributed by atoms with Crippen molar-refractivity contribution in [3.05, 3.63) is 80.9 Å². The lowest BCUT2D eigenvalue weighted by Crippen LogP contribution is -2.56. The molecule has 3 heterocycles. The summed E-state index contributed by atoms with van der Waals surface area (Å²) in [5, 5.41) is 54.2. The Labute approximate surface area is 316 Å². The summed E-state index contributed by atoms with van der Waals surface area (Å²) in [6.07, 6.45) is 0.425. The molecule has 290 valence electrons. The summed E-state index contributed by atoms with van der Waals surface area (Å²) in [6, 6.07) is 2.81. The molecule has 0 bridgehead atoms. The highest BCUT2D eigenvalue weighted by Gasteiger charge is 2.43. The van der Waals surface area contributed by atoms with E-state index in [0.717, 1.165) is 11.0 Å². The second-order valence-corrected chi connectivity index (χ2v) is 13.5. The summed E-state index contributed by atoms with van der Waals surface area (Å²) in [4.78, 5) is 69.6. The van der Waals surface area contributed by atoms with Gasteiger partial charge in [0.05, 0.1) is 11.0 Å². The molecule has 0 spiro atoms. The lowest BCUT2D eigenvalue weighted by atomic mass is 9.72. The fourth-order valence-corrected chi connectivity index (χ4v) is 7.16. The fourth-order valence-electron chi connectivity index (χ4n) is 6.90. The Hall–Kier alpha value is -5.86. The molecule has 0 aromatic heterocycles. The summed E-state index contributed by atoms with van der Waals surface area (Å²) >= 11 is 6.19. The molecule has 3 aromatic rings. The molecule has 3 aromatic carbocycles. The second kappa shape index (κ2) is 15.5. The molecule has 0 unspecified atom stereocenters. The number of carboxylic acids is 1. The lowest BCUT2D eigenvalue weighted by Gasteiger charge is -2.36. The molecule has 0 aliphatic carbocycles. The second-order valence-electron chi connectivity index (χ2n) is 13.1. The van der Waals surface area contributed by atoms with Gasteiger partial charge in [0.15, 0.2) is 17.3 Å². The smallest absolute Gasteiger partial charge is 0.534 e. The third kappa shape index (κ3) is 7.60. The highest BCUT2D eigenvalue weighted by Crippen LogP contribution is 2.41. The van der Waals surface area contributed by atoms with Gasteiger partial charge in [0.1, 0.15) is 28.9 Å². The standard InChI is InChI=1S/C34H34BClF2N6O11/c36-25-20(13-22(38)27(46)28(25)47)26(30(48)40-23-12-16-1-2-21(37)24(32(50)51)29(16)55-35(23)54)41-33(52)44-8-7-43(34(44)53)18-3-5-42(6-4-18)31(49)17-9-15(14-39)10-19(45)11-17/h1-2,9-11,13,18,23,26,45-47,54H,3-8,12,14,39H2,(H,40,48)(H,41,52)(H,50,51)/t23-,26+/m0/s1. The maximum Gasteiger partial charge on any atom is 0.547 e. The fraction of sp³-hybridized carbons (Fsp3) is 0.324. The molecule has 6 amide bonds. The van der Waals surface area contributed by atoms with Crippen LogP contribution in [0.2, 0.25) is 5.02 Å². The Morgan fingerprint density at radius 3 is 2.38 bits per heavy atom. The molecule has 17 nitrogen and oxygen atoms in total. The van der Waals surface area contributed by atoms with Crippen LogP contribution < -0.4 is 21.0 Å². The van der Waals surface area contributed by atoms with Crippen molar-refractivity contribution in [3.63, 3.8) is 0 Å². The number of urea groups is 2. The first kappa shape index (κ1) is 38.9. The molecule has 3 aliphatic heterocycles. The average molecular weight is 787 g/mol. The number of hydrogen-bond donors (Lipinski definition) is 8. The van der Waals surface area contributed by atoms with Crippen LogP contribution in [0, 0.1) is 11.6 Å². The quantitative estimate of drug-likeness (QED) is 0.120. The number of benzene rings is 3. The highest BCUT2D eigenvalue weighted by molar-refractivity contribution is 6.47. The number of phenolic OH excluding ortho intramolecular Hbond substituents is 3. The Morgan fingerprint density at radius 2 is 1.71 bits per heavy atom. The van der Waals surface area contributed by atoms with Crippen molar-refractivity contribution in [2.45, 2.75) is 43.8 Å². The number of carboxylic acid groups (broad SMARTS) is 1. The Balaban J connectivity index is 1.16. The molecular formula is C34H34BClF2N6O11. The predicted octanol–water partition coefficient (Wildman–Crippen LogP) is 1.82. The van der Waals surface area contributed by atoms with Crippen molar-refractivity contribution in [1.29, 1.82) is 0 Å². The molecule has 0 saturated carbocycles. The van der Waals surface area contributed by atoms with Crippen molar-refractivity contribution in [2.24, 2.45) is 5.73 Å². The van der Waals surface area contributed by atoms with Gasteiger partial charge < -0.3 is 56.3 Å². The monoisotopic (exact) mass is 786 g/mol. The minimum Gasteiger partial charge on any atom is -0.534 e. The molecular weight excluding hydrogens is 753 g/mol. The number of likely N-dealkylation sites (tertiary alicyclic amines) is 1. The number of rotatable bonds is 8. The van der Waals surface area contributed by atoms with E-state index in [1.165, 1.54) is 23.1 Å². The van der Waals surface area contributed by atoms with Crippen LogP contribution in [0.25, 0.3) is 0 Å². The van der Waals surface area contributed by atoms with E-state index < -0.39 is 88.1 Å². The van der Waals surface area contributed by atoms with Crippen LogP contribution >= 0.6 is 11.6 Å². The van der Waals surface area contributed by atoms with Crippen molar-refractivity contribution in [1.82, 2.24) is 25.3 Å². The Kier molecular flexibility index (Phi) is 10.9. The zero-order valence-electron chi connectivity index (χ0n) is 28.7. The van der Waals surface area contributed by atoms with Crippen LogP contribution in [-0.2, 0) is 17.8 Å². The number of amides is 6. The van der Waals surface area contributed by atoms with Crippen LogP contribution in [0.1, 0.15) is 56.3 Å². The van der Waals surface area contributed by atoms with E-state index in [1.807, 2.05) is 0 Å². The molecule has 2 fully saturated rings. The molecule has 55 heavy (non-hydrogen) atoms. The highest BCUT2D eigenvalue weighted by atomic mass is 35.5. The van der Waals surface area contributed by atoms with Gasteiger partial charge in [-0.15, -0.1) is 0 Å². The number of piperidine rings is 1.